The number of nitrogens with zero attached hydrogens (tertiary/aromatic N) is 3. The van der Waals surface area contributed by atoms with Gasteiger partial charge in [0.25, 0.3) is 5.78 Å². The van der Waals surface area contributed by atoms with Crippen LogP contribution < -0.4 is 22.5 Å². The Morgan fingerprint density at radius 3 is 2.17 bits per heavy atom. The van der Waals surface area contributed by atoms with Gasteiger partial charge in [-0.05, 0) is 30.4 Å². The summed E-state index contributed by atoms with van der Waals surface area (Å²) >= 11 is 0. The highest BCUT2D eigenvalue weighted by Gasteiger charge is 2.38. The zero-order chi connectivity index (χ0) is 25.6. The lowest BCUT2D eigenvalue weighted by molar-refractivity contribution is -0.144. The molecule has 0 saturated carbocycles. The maximum atomic E-state index is 13.0. The summed E-state index contributed by atoms with van der Waals surface area (Å²) in [5.41, 5.74) is 26.7. The molecular weight excluding hydrogens is 450 g/mol. The second kappa shape index (κ2) is 14.0. The molecular formula is C24H29N7O4. The van der Waals surface area contributed by atoms with Crippen molar-refractivity contribution in [3.05, 3.63) is 77.3 Å². The summed E-state index contributed by atoms with van der Waals surface area (Å²) in [6, 6.07) is 15.7. The SMILES string of the molecule is [N-]=[N+]=C(C(=O)OCc1ccccc1)C(=O)[C@H](CCCN=C(N)N)NC(=O)[C@@H](N)Cc1ccccc1. The number of esters is 1. The monoisotopic (exact) mass is 479 g/mol. The Morgan fingerprint density at radius 1 is 1.00 bits per heavy atom. The van der Waals surface area contributed by atoms with Crippen LogP contribution in [0.5, 0.6) is 0 Å². The predicted octanol–water partition coefficient (Wildman–Crippen LogP) is 0.0781. The second-order valence-corrected chi connectivity index (χ2v) is 7.68. The third-order valence-corrected chi connectivity index (χ3v) is 4.95. The van der Waals surface area contributed by atoms with E-state index in [1.165, 1.54) is 0 Å². The van der Waals surface area contributed by atoms with E-state index < -0.39 is 35.5 Å². The van der Waals surface area contributed by atoms with E-state index in [0.717, 1.165) is 5.56 Å². The third-order valence-electron chi connectivity index (χ3n) is 4.95. The van der Waals surface area contributed by atoms with E-state index in [-0.39, 0.29) is 32.0 Å². The standard InChI is InChI=1S/C24H29N7O4/c25-18(14-16-8-3-1-4-9-16)22(33)30-19(12-7-13-29-24(26)27)21(32)20(31-28)23(34)35-15-17-10-5-2-6-11-17/h1-6,8-11,18-19H,7,12-15,25H2,(H,30,33)(H4,26,27,29)/t18-,19-/m0/s1. The quantitative estimate of drug-likeness (QED) is 0.0592. The van der Waals surface area contributed by atoms with E-state index in [2.05, 4.69) is 15.1 Å². The number of rotatable bonds is 13. The lowest BCUT2D eigenvalue weighted by Crippen LogP contribution is -2.51. The van der Waals surface area contributed by atoms with E-state index in [4.69, 9.17) is 21.9 Å². The van der Waals surface area contributed by atoms with Crippen molar-refractivity contribution >= 4 is 29.3 Å². The molecule has 2 rings (SSSR count). The number of ether oxygens (including phenoxy) is 1. The molecule has 11 nitrogen and oxygen atoms in total. The lowest BCUT2D eigenvalue weighted by Gasteiger charge is -2.18. The number of hydrogen-bond donors (Lipinski definition) is 4. The number of aliphatic imine (C=N–C) groups is 1. The maximum Gasteiger partial charge on any atom is 0.443 e. The smallest absolute Gasteiger partial charge is 0.443 e. The molecule has 2 aromatic carbocycles. The molecule has 1 amide bonds. The molecule has 2 aromatic rings. The summed E-state index contributed by atoms with van der Waals surface area (Å²) in [4.78, 5) is 44.9. The van der Waals surface area contributed by atoms with Gasteiger partial charge in [-0.1, -0.05) is 60.7 Å². The van der Waals surface area contributed by atoms with Gasteiger partial charge in [-0.2, -0.15) is 4.79 Å². The summed E-state index contributed by atoms with van der Waals surface area (Å²) in [6.45, 7) is 0.0531. The molecule has 0 aromatic heterocycles. The highest BCUT2D eigenvalue weighted by molar-refractivity contribution is 6.63. The van der Waals surface area contributed by atoms with Crippen molar-refractivity contribution in [1.82, 2.24) is 5.32 Å². The van der Waals surface area contributed by atoms with Crippen molar-refractivity contribution in [1.29, 1.82) is 0 Å². The molecule has 7 N–H and O–H groups in total. The van der Waals surface area contributed by atoms with Gasteiger partial charge in [0.15, 0.2) is 5.96 Å². The largest absolute Gasteiger partial charge is 0.452 e. The molecule has 11 heteroatoms. The fourth-order valence-electron chi connectivity index (χ4n) is 3.16. The van der Waals surface area contributed by atoms with Crippen molar-refractivity contribution in [2.45, 2.75) is 38.0 Å². The van der Waals surface area contributed by atoms with Gasteiger partial charge in [-0.3, -0.25) is 14.6 Å². The number of nitrogens with two attached hydrogens (primary N) is 3. The highest BCUT2D eigenvalue weighted by Crippen LogP contribution is 2.07. The number of benzene rings is 2. The molecule has 0 saturated heterocycles. The number of ketones is 1. The molecule has 0 aliphatic carbocycles. The molecule has 0 unspecified atom stereocenters. The number of Topliss-reactive ketones (excluding diaryl/α,β-unsaturated/α-hetero) is 1. The minimum atomic E-state index is -1.21. The molecule has 0 radical (unpaired) electrons. The molecule has 0 heterocycles. The normalized spacial score (nSPS) is 11.9. The van der Waals surface area contributed by atoms with Crippen LogP contribution in [0.25, 0.3) is 5.53 Å². The maximum absolute atomic E-state index is 13.0. The Morgan fingerprint density at radius 2 is 1.60 bits per heavy atom. The van der Waals surface area contributed by atoms with Crippen molar-refractivity contribution in [2.75, 3.05) is 6.54 Å². The fourth-order valence-corrected chi connectivity index (χ4v) is 3.16. The van der Waals surface area contributed by atoms with Crippen LogP contribution in [-0.2, 0) is 32.1 Å². The number of hydrogen-bond acceptors (Lipinski definition) is 6. The van der Waals surface area contributed by atoms with Crippen LogP contribution in [0.4, 0.5) is 0 Å². The van der Waals surface area contributed by atoms with Gasteiger partial charge in [0.05, 0.1) is 6.04 Å². The van der Waals surface area contributed by atoms with Gasteiger partial charge < -0.3 is 32.8 Å². The van der Waals surface area contributed by atoms with Gasteiger partial charge in [0, 0.05) is 6.54 Å². The molecule has 35 heavy (non-hydrogen) atoms. The van der Waals surface area contributed by atoms with E-state index in [9.17, 15) is 19.9 Å². The summed E-state index contributed by atoms with van der Waals surface area (Å²) in [5.74, 6) is -2.78. The zero-order valence-electron chi connectivity index (χ0n) is 19.2. The fraction of sp³-hybridized carbons (Fsp3) is 0.292. The second-order valence-electron chi connectivity index (χ2n) is 7.68. The molecule has 0 aliphatic heterocycles. The van der Waals surface area contributed by atoms with Crippen LogP contribution in [0.1, 0.15) is 24.0 Å². The number of carbonyl (C=O) groups excluding carboxylic acids is 3. The van der Waals surface area contributed by atoms with Crippen LogP contribution in [-0.4, -0.2) is 52.7 Å². The molecule has 0 fully saturated rings. The van der Waals surface area contributed by atoms with Crippen LogP contribution in [0.3, 0.4) is 0 Å². The Bertz CT molecular complexity index is 1080. The van der Waals surface area contributed by atoms with E-state index in [1.54, 1.807) is 30.3 Å². The Balaban J connectivity index is 2.09. The van der Waals surface area contributed by atoms with Gasteiger partial charge in [0.1, 0.15) is 12.6 Å². The molecule has 2 atom stereocenters. The van der Waals surface area contributed by atoms with Crippen LogP contribution in [0.2, 0.25) is 0 Å². The van der Waals surface area contributed by atoms with Crippen LogP contribution >= 0.6 is 0 Å². The van der Waals surface area contributed by atoms with Crippen molar-refractivity contribution < 1.29 is 23.9 Å². The lowest BCUT2D eigenvalue weighted by atomic mass is 10.0. The molecule has 0 aliphatic rings. The van der Waals surface area contributed by atoms with Crippen molar-refractivity contribution in [3.63, 3.8) is 0 Å². The predicted molar refractivity (Wildman–Crippen MR) is 130 cm³/mol. The zero-order valence-corrected chi connectivity index (χ0v) is 19.2. The summed E-state index contributed by atoms with van der Waals surface area (Å²) in [6.07, 6.45) is 0.590. The first-order chi connectivity index (χ1) is 16.8. The van der Waals surface area contributed by atoms with Crippen LogP contribution in [0, 0.1) is 0 Å². The molecule has 184 valence electrons. The summed E-state index contributed by atoms with van der Waals surface area (Å²) in [7, 11) is 0. The topological polar surface area (TPSA) is 199 Å². The van der Waals surface area contributed by atoms with E-state index in [0.29, 0.717) is 12.0 Å². The molecule has 0 spiro atoms. The van der Waals surface area contributed by atoms with E-state index in [1.807, 2.05) is 30.3 Å². The third kappa shape index (κ3) is 9.20. The van der Waals surface area contributed by atoms with Gasteiger partial charge >= 0.3 is 11.7 Å². The summed E-state index contributed by atoms with van der Waals surface area (Å²) in [5, 5.41) is 2.54. The van der Waals surface area contributed by atoms with E-state index >= 15 is 0 Å². The van der Waals surface area contributed by atoms with Gasteiger partial charge in [-0.25, -0.2) is 4.79 Å². The Hall–Kier alpha value is -4.34. The Kier molecular flexibility index (Phi) is 10.8. The van der Waals surface area contributed by atoms with Crippen molar-refractivity contribution in [3.8, 4) is 0 Å². The Labute approximate surface area is 203 Å². The van der Waals surface area contributed by atoms with Gasteiger partial charge in [0.2, 0.25) is 5.91 Å². The summed E-state index contributed by atoms with van der Waals surface area (Å²) < 4.78 is 5.10. The average molecular weight is 480 g/mol. The van der Waals surface area contributed by atoms with Crippen molar-refractivity contribution in [2.24, 2.45) is 22.2 Å². The van der Waals surface area contributed by atoms with Gasteiger partial charge in [-0.15, -0.1) is 0 Å². The number of amides is 1. The minimum absolute atomic E-state index is 0.0599. The number of carbonyl (C=O) groups is 3. The first-order valence-corrected chi connectivity index (χ1v) is 10.9. The average Bonchev–Trinajstić information content (AvgIpc) is 2.85. The molecule has 0 bridgehead atoms. The van der Waals surface area contributed by atoms with Crippen LogP contribution in [0.15, 0.2) is 65.7 Å². The number of nitrogens with one attached hydrogen (secondary N) is 1. The first kappa shape index (κ1) is 26.9. The first-order valence-electron chi connectivity index (χ1n) is 10.9. The highest BCUT2D eigenvalue weighted by atomic mass is 16.5. The minimum Gasteiger partial charge on any atom is -0.452 e. The number of guanidine groups is 1.